The van der Waals surface area contributed by atoms with Crippen molar-refractivity contribution >= 4 is 34.7 Å². The summed E-state index contributed by atoms with van der Waals surface area (Å²) >= 11 is 0. The lowest BCUT2D eigenvalue weighted by Crippen LogP contribution is -2.48. The second kappa shape index (κ2) is 10.1. The molecule has 10 heteroatoms. The van der Waals surface area contributed by atoms with E-state index in [-0.39, 0.29) is 0 Å². The number of allylic oxidation sites excluding steroid dienone is 1. The van der Waals surface area contributed by atoms with Gasteiger partial charge in [0.15, 0.2) is 11.5 Å². The van der Waals surface area contributed by atoms with E-state index in [1.54, 1.807) is 12.3 Å². The highest BCUT2D eigenvalue weighted by molar-refractivity contribution is 6.00. The number of nitrogens with one attached hydrogen (secondary N) is 1. The third kappa shape index (κ3) is 4.83. The average molecular weight is 474 g/mol. The zero-order chi connectivity index (χ0) is 24.2. The first kappa shape index (κ1) is 22.9. The predicted molar refractivity (Wildman–Crippen MR) is 140 cm³/mol. The number of fused-ring (bicyclic) bond motifs is 1. The standard InChI is InChI=1S/C25H31N9O/c1-18-5-3-6-19(15-18)24-28-9-10-34(31-24)21-16-20(33-11-13-35-14-12-33)23-25(30-21)32(2)22(29-23)17-27-8-4-7-26/h3-8,15-16H,9-14,17,26H2,1-2H3,(H,28,31)/b7-4-,27-8?. The molecule has 0 aliphatic carbocycles. The van der Waals surface area contributed by atoms with Gasteiger partial charge in [-0.15, -0.1) is 0 Å². The Kier molecular flexibility index (Phi) is 6.62. The molecule has 0 unspecified atom stereocenters. The van der Waals surface area contributed by atoms with E-state index in [0.29, 0.717) is 26.3 Å². The molecule has 0 radical (unpaired) electrons. The highest BCUT2D eigenvalue weighted by atomic mass is 16.5. The molecule has 1 saturated heterocycles. The normalized spacial score (nSPS) is 16.9. The van der Waals surface area contributed by atoms with Crippen molar-refractivity contribution in [2.24, 2.45) is 22.8 Å². The van der Waals surface area contributed by atoms with Crippen molar-refractivity contribution in [3.8, 4) is 0 Å². The number of benzene rings is 1. The minimum absolute atomic E-state index is 0.446. The van der Waals surface area contributed by atoms with Crippen LogP contribution in [0.25, 0.3) is 11.2 Å². The molecule has 3 N–H and O–H groups in total. The van der Waals surface area contributed by atoms with Crippen LogP contribution in [0.15, 0.2) is 52.6 Å². The van der Waals surface area contributed by atoms with Crippen LogP contribution in [0.5, 0.6) is 0 Å². The SMILES string of the molecule is Cc1cccc(C2=NCCN(c3cc(N4CCOCC4)c4nc(CN=C/C=C\N)n(C)c4n3)N2)c1. The van der Waals surface area contributed by atoms with Crippen LogP contribution in [-0.2, 0) is 18.3 Å². The van der Waals surface area contributed by atoms with Crippen LogP contribution < -0.4 is 21.1 Å². The summed E-state index contributed by atoms with van der Waals surface area (Å²) in [6.45, 7) is 6.95. The molecule has 1 fully saturated rings. The Morgan fingerprint density at radius 3 is 2.83 bits per heavy atom. The zero-order valence-corrected chi connectivity index (χ0v) is 20.2. The smallest absolute Gasteiger partial charge is 0.164 e. The van der Waals surface area contributed by atoms with E-state index in [1.807, 2.05) is 11.6 Å². The zero-order valence-electron chi connectivity index (χ0n) is 20.2. The quantitative estimate of drug-likeness (QED) is 0.527. The molecule has 2 aliphatic heterocycles. The third-order valence-corrected chi connectivity index (χ3v) is 6.18. The summed E-state index contributed by atoms with van der Waals surface area (Å²) in [7, 11) is 1.99. The number of nitrogens with two attached hydrogens (primary N) is 1. The number of hydrazine groups is 1. The van der Waals surface area contributed by atoms with Crippen molar-refractivity contribution in [1.82, 2.24) is 20.0 Å². The number of nitrogens with zero attached hydrogens (tertiary/aromatic N) is 7. The highest BCUT2D eigenvalue weighted by Crippen LogP contribution is 2.31. The van der Waals surface area contributed by atoms with E-state index in [1.165, 1.54) is 11.8 Å². The van der Waals surface area contributed by atoms with Gasteiger partial charge in [0.2, 0.25) is 0 Å². The first-order chi connectivity index (χ1) is 17.1. The maximum atomic E-state index is 5.60. The van der Waals surface area contributed by atoms with Gasteiger partial charge < -0.3 is 19.9 Å². The summed E-state index contributed by atoms with van der Waals surface area (Å²) in [5, 5.41) is 2.07. The molecule has 0 spiro atoms. The van der Waals surface area contributed by atoms with Crippen LogP contribution in [0.1, 0.15) is 17.0 Å². The molecular weight excluding hydrogens is 442 g/mol. The van der Waals surface area contributed by atoms with Crippen LogP contribution >= 0.6 is 0 Å². The van der Waals surface area contributed by atoms with Crippen molar-refractivity contribution in [2.75, 3.05) is 49.3 Å². The first-order valence-electron chi connectivity index (χ1n) is 11.9. The molecule has 35 heavy (non-hydrogen) atoms. The van der Waals surface area contributed by atoms with E-state index in [2.05, 4.69) is 57.6 Å². The van der Waals surface area contributed by atoms with Crippen LogP contribution in [0, 0.1) is 6.92 Å². The van der Waals surface area contributed by atoms with Gasteiger partial charge in [-0.05, 0) is 25.3 Å². The minimum atomic E-state index is 0.446. The van der Waals surface area contributed by atoms with Crippen LogP contribution in [-0.4, -0.2) is 66.0 Å². The lowest BCUT2D eigenvalue weighted by atomic mass is 10.1. The number of amidine groups is 1. The summed E-state index contributed by atoms with van der Waals surface area (Å²) in [5.74, 6) is 2.53. The minimum Gasteiger partial charge on any atom is -0.405 e. The van der Waals surface area contributed by atoms with E-state index in [0.717, 1.165) is 59.5 Å². The third-order valence-electron chi connectivity index (χ3n) is 6.18. The van der Waals surface area contributed by atoms with E-state index >= 15 is 0 Å². The maximum absolute atomic E-state index is 5.60. The number of morpholine rings is 1. The molecule has 182 valence electrons. The van der Waals surface area contributed by atoms with Gasteiger partial charge in [0.25, 0.3) is 0 Å². The number of hydrogen-bond donors (Lipinski definition) is 2. The molecule has 0 atom stereocenters. The molecule has 0 saturated carbocycles. The number of aromatic nitrogens is 3. The number of anilines is 2. The first-order valence-corrected chi connectivity index (χ1v) is 11.9. The van der Waals surface area contributed by atoms with Gasteiger partial charge >= 0.3 is 0 Å². The molecular formula is C25H31N9O. The Morgan fingerprint density at radius 1 is 1.17 bits per heavy atom. The van der Waals surface area contributed by atoms with Crippen molar-refractivity contribution < 1.29 is 4.74 Å². The fourth-order valence-electron chi connectivity index (χ4n) is 4.34. The fourth-order valence-corrected chi connectivity index (χ4v) is 4.34. The van der Waals surface area contributed by atoms with Crippen molar-refractivity contribution in [3.63, 3.8) is 0 Å². The van der Waals surface area contributed by atoms with Gasteiger partial charge in [-0.25, -0.2) is 9.97 Å². The van der Waals surface area contributed by atoms with Crippen molar-refractivity contribution in [1.29, 1.82) is 0 Å². The summed E-state index contributed by atoms with van der Waals surface area (Å²) in [4.78, 5) is 21.4. The van der Waals surface area contributed by atoms with Crippen molar-refractivity contribution in [2.45, 2.75) is 13.5 Å². The van der Waals surface area contributed by atoms with Gasteiger partial charge in [-0.3, -0.25) is 20.4 Å². The largest absolute Gasteiger partial charge is 0.405 e. The number of hydrogen-bond acceptors (Lipinski definition) is 9. The molecule has 10 nitrogen and oxygen atoms in total. The Balaban J connectivity index is 1.52. The number of rotatable bonds is 6. The summed E-state index contributed by atoms with van der Waals surface area (Å²) in [5.41, 5.74) is 13.9. The molecule has 2 aromatic heterocycles. The summed E-state index contributed by atoms with van der Waals surface area (Å²) in [6.07, 6.45) is 4.85. The molecule has 3 aromatic rings. The molecule has 2 aliphatic rings. The molecule has 0 amide bonds. The van der Waals surface area contributed by atoms with E-state index in [4.69, 9.17) is 25.4 Å². The molecule has 0 bridgehead atoms. The Labute approximate surface area is 204 Å². The average Bonchev–Trinajstić information content (AvgIpc) is 3.22. The predicted octanol–water partition coefficient (Wildman–Crippen LogP) is 1.93. The number of aryl methyl sites for hydroxylation is 2. The lowest BCUT2D eigenvalue weighted by Gasteiger charge is -2.32. The number of pyridine rings is 1. The lowest BCUT2D eigenvalue weighted by molar-refractivity contribution is 0.123. The Morgan fingerprint density at radius 2 is 2.03 bits per heavy atom. The van der Waals surface area contributed by atoms with Crippen LogP contribution in [0.4, 0.5) is 11.5 Å². The van der Waals surface area contributed by atoms with Gasteiger partial charge in [-0.1, -0.05) is 23.8 Å². The second-order valence-corrected chi connectivity index (χ2v) is 8.60. The summed E-state index contributed by atoms with van der Waals surface area (Å²) < 4.78 is 7.62. The van der Waals surface area contributed by atoms with Gasteiger partial charge in [0.05, 0.1) is 38.5 Å². The number of ether oxygens (including phenoxy) is 1. The monoisotopic (exact) mass is 473 g/mol. The van der Waals surface area contributed by atoms with Crippen LogP contribution in [0.3, 0.4) is 0 Å². The van der Waals surface area contributed by atoms with Gasteiger partial charge in [0, 0.05) is 38.0 Å². The van der Waals surface area contributed by atoms with Gasteiger partial charge in [0.1, 0.15) is 17.2 Å². The van der Waals surface area contributed by atoms with E-state index < -0.39 is 0 Å². The topological polar surface area (TPSA) is 109 Å². The number of imidazole rings is 1. The Bertz CT molecular complexity index is 1290. The van der Waals surface area contributed by atoms with Crippen molar-refractivity contribution in [3.05, 3.63) is 59.6 Å². The second-order valence-electron chi connectivity index (χ2n) is 8.60. The fraction of sp³-hybridized carbons (Fsp3) is 0.360. The molecule has 4 heterocycles. The summed E-state index contributed by atoms with van der Waals surface area (Å²) in [6, 6.07) is 10.5. The van der Waals surface area contributed by atoms with E-state index in [9.17, 15) is 0 Å². The van der Waals surface area contributed by atoms with Gasteiger partial charge in [-0.2, -0.15) is 0 Å². The van der Waals surface area contributed by atoms with Crippen LogP contribution in [0.2, 0.25) is 0 Å². The molecule has 1 aromatic carbocycles. The highest BCUT2D eigenvalue weighted by Gasteiger charge is 2.24. The Hall–Kier alpha value is -3.92. The number of aliphatic imine (C=N–C) groups is 2. The maximum Gasteiger partial charge on any atom is 0.164 e. The molecule has 5 rings (SSSR count).